The van der Waals surface area contributed by atoms with E-state index < -0.39 is 0 Å². The molecule has 3 rings (SSSR count). The summed E-state index contributed by atoms with van der Waals surface area (Å²) in [6, 6.07) is 8.69. The molecule has 0 aliphatic heterocycles. The number of rotatable bonds is 8. The number of nitrogens with one attached hydrogen (secondary N) is 2. The van der Waals surface area contributed by atoms with Crippen molar-refractivity contribution in [1.29, 1.82) is 0 Å². The minimum atomic E-state index is -0.168. The topological polar surface area (TPSA) is 83.6 Å². The molecular formula is C17H23N5O. The van der Waals surface area contributed by atoms with Crippen LogP contribution in [0, 0.1) is 0 Å². The average Bonchev–Trinajstić information content (AvgIpc) is 3.28. The third-order valence-corrected chi connectivity index (χ3v) is 4.31. The molecule has 0 saturated heterocycles. The number of nitrogens with zero attached hydrogens (tertiary/aromatic N) is 3. The van der Waals surface area contributed by atoms with Crippen LogP contribution in [-0.4, -0.2) is 26.5 Å². The van der Waals surface area contributed by atoms with Crippen molar-refractivity contribution >= 4 is 5.91 Å². The molecule has 6 heteroatoms. The lowest BCUT2D eigenvalue weighted by Crippen LogP contribution is -2.28. The lowest BCUT2D eigenvalue weighted by atomic mass is 10.0. The first kappa shape index (κ1) is 15.6. The van der Waals surface area contributed by atoms with Crippen LogP contribution in [0.15, 0.2) is 24.3 Å². The largest absolute Gasteiger partial charge is 0.346 e. The van der Waals surface area contributed by atoms with Gasteiger partial charge in [0, 0.05) is 6.42 Å². The van der Waals surface area contributed by atoms with Gasteiger partial charge < -0.3 is 5.32 Å². The van der Waals surface area contributed by atoms with E-state index in [9.17, 15) is 4.79 Å². The van der Waals surface area contributed by atoms with E-state index in [-0.39, 0.29) is 11.9 Å². The summed E-state index contributed by atoms with van der Waals surface area (Å²) in [7, 11) is 0. The van der Waals surface area contributed by atoms with Crippen LogP contribution in [-0.2, 0) is 11.2 Å². The summed E-state index contributed by atoms with van der Waals surface area (Å²) in [6.07, 6.45) is 5.69. The zero-order chi connectivity index (χ0) is 16.1. The number of carbonyl (C=O) groups is 1. The normalized spacial score (nSPS) is 15.3. The summed E-state index contributed by atoms with van der Waals surface area (Å²) in [4.78, 5) is 12.1. The van der Waals surface area contributed by atoms with E-state index in [1.807, 2.05) is 6.92 Å². The smallest absolute Gasteiger partial charge is 0.220 e. The van der Waals surface area contributed by atoms with Crippen LogP contribution in [0.4, 0.5) is 0 Å². The Balaban J connectivity index is 1.41. The van der Waals surface area contributed by atoms with Crippen LogP contribution >= 0.6 is 0 Å². The zero-order valence-corrected chi connectivity index (χ0v) is 13.5. The highest BCUT2D eigenvalue weighted by molar-refractivity contribution is 5.76. The number of carbonyl (C=O) groups excluding carboxylic acids is 1. The van der Waals surface area contributed by atoms with Gasteiger partial charge in [-0.2, -0.15) is 5.21 Å². The Hall–Kier alpha value is -2.24. The van der Waals surface area contributed by atoms with Crippen molar-refractivity contribution in [2.24, 2.45) is 0 Å². The number of amides is 1. The van der Waals surface area contributed by atoms with Gasteiger partial charge in [0.15, 0.2) is 5.82 Å². The van der Waals surface area contributed by atoms with Crippen LogP contribution in [0.1, 0.15) is 67.9 Å². The first-order valence-electron chi connectivity index (χ1n) is 8.37. The highest BCUT2D eigenvalue weighted by Crippen LogP contribution is 2.39. The number of H-pyrrole nitrogens is 1. The lowest BCUT2D eigenvalue weighted by Gasteiger charge is -2.13. The van der Waals surface area contributed by atoms with Gasteiger partial charge in [-0.25, -0.2) is 0 Å². The van der Waals surface area contributed by atoms with Gasteiger partial charge in [0.2, 0.25) is 5.91 Å². The van der Waals surface area contributed by atoms with Crippen LogP contribution in [0.5, 0.6) is 0 Å². The molecule has 2 aromatic rings. The van der Waals surface area contributed by atoms with Gasteiger partial charge >= 0.3 is 0 Å². The van der Waals surface area contributed by atoms with E-state index in [1.165, 1.54) is 24.0 Å². The van der Waals surface area contributed by atoms with Crippen molar-refractivity contribution in [1.82, 2.24) is 25.9 Å². The fourth-order valence-corrected chi connectivity index (χ4v) is 2.76. The Labute approximate surface area is 136 Å². The minimum Gasteiger partial charge on any atom is -0.346 e. The molecule has 23 heavy (non-hydrogen) atoms. The third kappa shape index (κ3) is 4.37. The number of hydrogen-bond acceptors (Lipinski definition) is 4. The van der Waals surface area contributed by atoms with E-state index in [0.717, 1.165) is 25.2 Å². The fourth-order valence-electron chi connectivity index (χ4n) is 2.76. The number of aryl methyl sites for hydroxylation is 1. The Morgan fingerprint density at radius 2 is 2.13 bits per heavy atom. The van der Waals surface area contributed by atoms with E-state index >= 15 is 0 Å². The molecular weight excluding hydrogens is 290 g/mol. The van der Waals surface area contributed by atoms with E-state index in [2.05, 4.69) is 50.2 Å². The standard InChI is InChI=1S/C17H23N5O/c1-2-15(17-19-21-22-20-17)18-16(23)5-3-4-12-6-8-13(9-7-12)14-10-11-14/h6-9,14-15H,2-5,10-11H2,1H3,(H,18,23)(H,19,20,21,22). The lowest BCUT2D eigenvalue weighted by molar-refractivity contribution is -0.122. The predicted molar refractivity (Wildman–Crippen MR) is 86.7 cm³/mol. The SMILES string of the molecule is CCC(NC(=O)CCCc1ccc(C2CC2)cc1)c1nn[nH]n1. The van der Waals surface area contributed by atoms with Crippen molar-refractivity contribution in [3.8, 4) is 0 Å². The molecule has 2 N–H and O–H groups in total. The summed E-state index contributed by atoms with van der Waals surface area (Å²) in [5.74, 6) is 1.37. The van der Waals surface area contributed by atoms with Crippen molar-refractivity contribution in [3.05, 3.63) is 41.2 Å². The molecule has 1 saturated carbocycles. The van der Waals surface area contributed by atoms with Gasteiger partial charge in [-0.1, -0.05) is 36.4 Å². The monoisotopic (exact) mass is 313 g/mol. The van der Waals surface area contributed by atoms with Crippen LogP contribution in [0.3, 0.4) is 0 Å². The maximum absolute atomic E-state index is 12.1. The maximum atomic E-state index is 12.1. The highest BCUT2D eigenvalue weighted by atomic mass is 16.1. The number of aromatic amines is 1. The Bertz CT molecular complexity index is 619. The van der Waals surface area contributed by atoms with Gasteiger partial charge in [-0.15, -0.1) is 10.2 Å². The molecule has 0 radical (unpaired) electrons. The number of hydrogen-bond donors (Lipinski definition) is 2. The van der Waals surface area contributed by atoms with Gasteiger partial charge in [0.1, 0.15) is 0 Å². The molecule has 1 aliphatic carbocycles. The first-order chi connectivity index (χ1) is 11.3. The van der Waals surface area contributed by atoms with E-state index in [1.54, 1.807) is 0 Å². The molecule has 0 bridgehead atoms. The fraction of sp³-hybridized carbons (Fsp3) is 0.529. The van der Waals surface area contributed by atoms with E-state index in [4.69, 9.17) is 0 Å². The number of aromatic nitrogens is 4. The molecule has 1 amide bonds. The Morgan fingerprint density at radius 1 is 1.35 bits per heavy atom. The van der Waals surface area contributed by atoms with Crippen LogP contribution in [0.2, 0.25) is 0 Å². The Kier molecular flexibility index (Phi) is 5.00. The molecule has 1 aliphatic rings. The van der Waals surface area contributed by atoms with Crippen molar-refractivity contribution in [3.63, 3.8) is 0 Å². The molecule has 0 spiro atoms. The van der Waals surface area contributed by atoms with Gasteiger partial charge in [0.25, 0.3) is 0 Å². The minimum absolute atomic E-state index is 0.0382. The first-order valence-corrected chi connectivity index (χ1v) is 8.37. The summed E-state index contributed by atoms with van der Waals surface area (Å²) in [5, 5.41) is 16.8. The van der Waals surface area contributed by atoms with Crippen LogP contribution in [0.25, 0.3) is 0 Å². The molecule has 1 heterocycles. The summed E-state index contributed by atoms with van der Waals surface area (Å²) >= 11 is 0. The zero-order valence-electron chi connectivity index (χ0n) is 13.5. The molecule has 1 atom stereocenters. The third-order valence-electron chi connectivity index (χ3n) is 4.31. The quantitative estimate of drug-likeness (QED) is 0.785. The van der Waals surface area contributed by atoms with Gasteiger partial charge in [-0.05, 0) is 49.1 Å². The van der Waals surface area contributed by atoms with Crippen LogP contribution < -0.4 is 5.32 Å². The molecule has 1 fully saturated rings. The molecule has 122 valence electrons. The number of benzene rings is 1. The highest BCUT2D eigenvalue weighted by Gasteiger charge is 2.22. The maximum Gasteiger partial charge on any atom is 0.220 e. The molecule has 1 aromatic carbocycles. The van der Waals surface area contributed by atoms with Crippen molar-refractivity contribution in [2.45, 2.75) is 57.4 Å². The second-order valence-electron chi connectivity index (χ2n) is 6.17. The van der Waals surface area contributed by atoms with Gasteiger partial charge in [0.05, 0.1) is 6.04 Å². The summed E-state index contributed by atoms with van der Waals surface area (Å²) < 4.78 is 0. The Morgan fingerprint density at radius 3 is 2.74 bits per heavy atom. The summed E-state index contributed by atoms with van der Waals surface area (Å²) in [6.45, 7) is 1.99. The van der Waals surface area contributed by atoms with E-state index in [0.29, 0.717) is 12.2 Å². The molecule has 1 aromatic heterocycles. The van der Waals surface area contributed by atoms with Crippen molar-refractivity contribution in [2.75, 3.05) is 0 Å². The molecule has 1 unspecified atom stereocenters. The van der Waals surface area contributed by atoms with Crippen molar-refractivity contribution < 1.29 is 4.79 Å². The molecule has 6 nitrogen and oxygen atoms in total. The van der Waals surface area contributed by atoms with Gasteiger partial charge in [-0.3, -0.25) is 4.79 Å². The number of tetrazole rings is 1. The second-order valence-corrected chi connectivity index (χ2v) is 6.17. The predicted octanol–water partition coefficient (Wildman–Crippen LogP) is 2.67. The second kappa shape index (κ2) is 7.35. The summed E-state index contributed by atoms with van der Waals surface area (Å²) in [5.41, 5.74) is 2.75. The average molecular weight is 313 g/mol.